The molecule has 2 heterocycles. The molecule has 0 spiro atoms. The van der Waals surface area contributed by atoms with Crippen molar-refractivity contribution in [3.05, 3.63) is 94.9 Å². The first-order valence-corrected chi connectivity index (χ1v) is 17.8. The number of aromatic nitrogens is 1. The van der Waals surface area contributed by atoms with Crippen molar-refractivity contribution in [1.29, 1.82) is 0 Å². The van der Waals surface area contributed by atoms with Gasteiger partial charge in [0.2, 0.25) is 0 Å². The van der Waals surface area contributed by atoms with Crippen LogP contribution >= 0.6 is 0 Å². The molecule has 4 unspecified atom stereocenters. The van der Waals surface area contributed by atoms with E-state index in [1.807, 2.05) is 76.2 Å². The molecule has 1 aliphatic heterocycles. The summed E-state index contributed by atoms with van der Waals surface area (Å²) in [5.41, 5.74) is 1.88. The zero-order chi connectivity index (χ0) is 37.8. The van der Waals surface area contributed by atoms with Crippen LogP contribution in [-0.2, 0) is 27.2 Å². The first-order chi connectivity index (χ1) is 24.5. The number of ether oxygens (including phenoxy) is 3. The van der Waals surface area contributed by atoms with E-state index in [-0.39, 0.29) is 56.5 Å². The highest BCUT2D eigenvalue weighted by atomic mass is 19.1. The van der Waals surface area contributed by atoms with Crippen LogP contribution in [0.1, 0.15) is 76.3 Å². The topological polar surface area (TPSA) is 122 Å². The van der Waals surface area contributed by atoms with E-state index in [1.165, 1.54) is 21.9 Å². The number of aryl methyl sites for hydroxylation is 1. The summed E-state index contributed by atoms with van der Waals surface area (Å²) in [5.74, 6) is -0.148. The minimum Gasteiger partial charge on any atom is -0.465 e. The number of hydrogen-bond donors (Lipinski definition) is 1. The minimum atomic E-state index is -1.04. The Labute approximate surface area is 305 Å². The summed E-state index contributed by atoms with van der Waals surface area (Å²) in [6, 6.07) is 19.6. The number of carboxylic acid groups (broad SMARTS) is 1. The van der Waals surface area contributed by atoms with Crippen LogP contribution in [0.5, 0.6) is 0 Å². The van der Waals surface area contributed by atoms with Gasteiger partial charge in [0.15, 0.2) is 0 Å². The van der Waals surface area contributed by atoms with Crippen molar-refractivity contribution in [3.8, 4) is 0 Å². The SMILES string of the molecule is Cc1cc(CC2CN(C(=O)O)CC2OCCN(C(=O)OC(C)(C)C)C2CC2c2cccc(F)c2)nc(N(Cc2ccccc2)C(=O)OC(C)(C)C)c1. The number of pyridine rings is 1. The Hall–Kier alpha value is -4.71. The Morgan fingerprint density at radius 3 is 2.27 bits per heavy atom. The van der Waals surface area contributed by atoms with Crippen molar-refractivity contribution < 1.29 is 38.1 Å². The third-order valence-corrected chi connectivity index (χ3v) is 8.93. The van der Waals surface area contributed by atoms with Gasteiger partial charge in [-0.1, -0.05) is 42.5 Å². The van der Waals surface area contributed by atoms with E-state index in [0.29, 0.717) is 24.4 Å². The summed E-state index contributed by atoms with van der Waals surface area (Å²) < 4.78 is 31.9. The van der Waals surface area contributed by atoms with Gasteiger partial charge >= 0.3 is 18.3 Å². The van der Waals surface area contributed by atoms with E-state index in [2.05, 4.69) is 0 Å². The molecule has 1 N–H and O–H groups in total. The number of carbonyl (C=O) groups excluding carboxylic acids is 2. The van der Waals surface area contributed by atoms with Crippen molar-refractivity contribution in [2.24, 2.45) is 5.92 Å². The van der Waals surface area contributed by atoms with Crippen LogP contribution in [0.4, 0.5) is 24.6 Å². The number of halogens is 1. The second-order valence-corrected chi connectivity index (χ2v) is 15.7. The third kappa shape index (κ3) is 10.7. The van der Waals surface area contributed by atoms with Crippen molar-refractivity contribution in [1.82, 2.24) is 14.8 Å². The molecule has 2 aromatic carbocycles. The number of anilines is 1. The molecule has 1 aliphatic carbocycles. The molecule has 1 saturated carbocycles. The number of benzene rings is 2. The smallest absolute Gasteiger partial charge is 0.416 e. The fraction of sp³-hybridized carbons (Fsp3) is 0.500. The Bertz CT molecular complexity index is 1720. The molecule has 1 saturated heterocycles. The van der Waals surface area contributed by atoms with Crippen LogP contribution < -0.4 is 4.90 Å². The van der Waals surface area contributed by atoms with Crippen molar-refractivity contribution in [2.45, 2.75) is 97.1 Å². The lowest BCUT2D eigenvalue weighted by Gasteiger charge is -2.29. The minimum absolute atomic E-state index is 0.0197. The maximum atomic E-state index is 14.0. The van der Waals surface area contributed by atoms with E-state index in [1.54, 1.807) is 31.7 Å². The number of carbonyl (C=O) groups is 3. The van der Waals surface area contributed by atoms with E-state index >= 15 is 0 Å². The van der Waals surface area contributed by atoms with Crippen molar-refractivity contribution in [2.75, 3.05) is 31.1 Å². The molecule has 4 atom stereocenters. The van der Waals surface area contributed by atoms with Gasteiger partial charge in [-0.2, -0.15) is 0 Å². The lowest BCUT2D eigenvalue weighted by Crippen LogP contribution is -2.41. The molecule has 280 valence electrons. The maximum Gasteiger partial charge on any atom is 0.416 e. The number of rotatable bonds is 11. The molecule has 2 fully saturated rings. The Balaban J connectivity index is 1.32. The summed E-state index contributed by atoms with van der Waals surface area (Å²) in [6.45, 7) is 13.8. The molecule has 5 rings (SSSR count). The summed E-state index contributed by atoms with van der Waals surface area (Å²) in [5, 5.41) is 9.90. The molecular formula is C40H51FN4O7. The zero-order valence-electron chi connectivity index (χ0n) is 31.2. The van der Waals surface area contributed by atoms with Gasteiger partial charge in [0.25, 0.3) is 0 Å². The standard InChI is InChI=1S/C40H51FN4O7/c1-26-18-31(42-35(19-26)45(38(49)52-40(5,6)7)23-27-12-9-8-10-13-27)21-29-24-43(36(46)47)25-34(29)50-17-16-44(37(48)51-39(2,3)4)33-22-32(33)28-14-11-15-30(41)20-28/h8-15,18-20,29,32-34H,16-17,21-25H2,1-7H3,(H,46,47). The summed E-state index contributed by atoms with van der Waals surface area (Å²) in [7, 11) is 0. The first kappa shape index (κ1) is 38.5. The molecule has 11 nitrogen and oxygen atoms in total. The van der Waals surface area contributed by atoms with Crippen LogP contribution in [0, 0.1) is 18.7 Å². The zero-order valence-corrected chi connectivity index (χ0v) is 31.2. The molecule has 2 aliphatic rings. The van der Waals surface area contributed by atoms with Crippen LogP contribution in [-0.4, -0.2) is 87.8 Å². The lowest BCUT2D eigenvalue weighted by molar-refractivity contribution is -0.00124. The van der Waals surface area contributed by atoms with Gasteiger partial charge in [0.1, 0.15) is 22.8 Å². The van der Waals surface area contributed by atoms with Crippen LogP contribution in [0.2, 0.25) is 0 Å². The normalized spacial score (nSPS) is 20.0. The quantitative estimate of drug-likeness (QED) is 0.213. The van der Waals surface area contributed by atoms with Crippen molar-refractivity contribution in [3.63, 3.8) is 0 Å². The van der Waals surface area contributed by atoms with E-state index in [0.717, 1.165) is 16.7 Å². The van der Waals surface area contributed by atoms with E-state index < -0.39 is 35.6 Å². The van der Waals surface area contributed by atoms with Gasteiger partial charge in [0.05, 0.1) is 25.8 Å². The Kier molecular flexibility index (Phi) is 11.8. The number of amides is 3. The maximum absolute atomic E-state index is 14.0. The molecule has 3 aromatic rings. The second-order valence-electron chi connectivity index (χ2n) is 15.7. The van der Waals surface area contributed by atoms with Gasteiger partial charge in [-0.3, -0.25) is 4.90 Å². The van der Waals surface area contributed by atoms with Crippen molar-refractivity contribution >= 4 is 24.1 Å². The first-order valence-electron chi connectivity index (χ1n) is 17.8. The molecule has 0 bridgehead atoms. The van der Waals surface area contributed by atoms with Gasteiger partial charge in [-0.25, -0.2) is 23.8 Å². The second kappa shape index (κ2) is 15.9. The highest BCUT2D eigenvalue weighted by molar-refractivity contribution is 5.86. The van der Waals surface area contributed by atoms with Crippen LogP contribution in [0.25, 0.3) is 0 Å². The highest BCUT2D eigenvalue weighted by Gasteiger charge is 2.46. The molecule has 12 heteroatoms. The molecule has 1 aromatic heterocycles. The molecule has 0 radical (unpaired) electrons. The lowest BCUT2D eigenvalue weighted by atomic mass is 9.98. The fourth-order valence-corrected chi connectivity index (χ4v) is 6.57. The molecule has 3 amide bonds. The van der Waals surface area contributed by atoms with Gasteiger partial charge < -0.3 is 29.1 Å². The fourth-order valence-electron chi connectivity index (χ4n) is 6.57. The number of nitrogens with zero attached hydrogens (tertiary/aromatic N) is 4. The Morgan fingerprint density at radius 2 is 1.62 bits per heavy atom. The monoisotopic (exact) mass is 718 g/mol. The summed E-state index contributed by atoms with van der Waals surface area (Å²) in [6.07, 6.45) is -1.43. The average molecular weight is 719 g/mol. The largest absolute Gasteiger partial charge is 0.465 e. The Morgan fingerprint density at radius 1 is 0.923 bits per heavy atom. The number of likely N-dealkylation sites (tertiary alicyclic amines) is 1. The number of hydrogen-bond acceptors (Lipinski definition) is 7. The van der Waals surface area contributed by atoms with Gasteiger partial charge in [-0.15, -0.1) is 0 Å². The van der Waals surface area contributed by atoms with Crippen LogP contribution in [0.15, 0.2) is 66.7 Å². The molecule has 52 heavy (non-hydrogen) atoms. The van der Waals surface area contributed by atoms with Gasteiger partial charge in [0, 0.05) is 36.7 Å². The van der Waals surface area contributed by atoms with E-state index in [4.69, 9.17) is 19.2 Å². The summed E-state index contributed by atoms with van der Waals surface area (Å²) in [4.78, 5) is 48.3. The predicted octanol–water partition coefficient (Wildman–Crippen LogP) is 7.80. The summed E-state index contributed by atoms with van der Waals surface area (Å²) >= 11 is 0. The van der Waals surface area contributed by atoms with Crippen LogP contribution in [0.3, 0.4) is 0 Å². The molecular weight excluding hydrogens is 667 g/mol. The highest BCUT2D eigenvalue weighted by Crippen LogP contribution is 2.45. The third-order valence-electron chi connectivity index (χ3n) is 8.93. The average Bonchev–Trinajstić information content (AvgIpc) is 3.73. The van der Waals surface area contributed by atoms with E-state index in [9.17, 15) is 23.9 Å². The van der Waals surface area contributed by atoms with Gasteiger partial charge in [-0.05, 0) is 102 Å². The predicted molar refractivity (Wildman–Crippen MR) is 195 cm³/mol.